The molecule has 1 aromatic rings. The van der Waals surface area contributed by atoms with Gasteiger partial charge in [-0.1, -0.05) is 19.1 Å². The normalized spacial score (nSPS) is 22.6. The summed E-state index contributed by atoms with van der Waals surface area (Å²) >= 11 is 0. The lowest BCUT2D eigenvalue weighted by molar-refractivity contribution is -0.138. The summed E-state index contributed by atoms with van der Waals surface area (Å²) in [4.78, 5) is 44.1. The summed E-state index contributed by atoms with van der Waals surface area (Å²) in [6.45, 7) is 9.23. The molecule has 172 valence electrons. The standard InChI is InChI=1S/C24H32N4O4/c1-17-4-3-9-27(16-17)22-21(19-5-7-20(8-6-19)25-18(2)29)23(30)28(24(22)31)11-10-26-12-14-32-15-13-26/h5-8,17H,3-4,9-16H2,1-2H3,(H,25,29). The fourth-order valence-corrected chi connectivity index (χ4v) is 4.70. The quantitative estimate of drug-likeness (QED) is 0.680. The minimum Gasteiger partial charge on any atom is -0.379 e. The number of nitrogens with one attached hydrogen (secondary N) is 1. The second-order valence-electron chi connectivity index (χ2n) is 8.89. The van der Waals surface area contributed by atoms with Gasteiger partial charge in [-0.05, 0) is 36.5 Å². The molecule has 3 aliphatic heterocycles. The molecule has 2 fully saturated rings. The maximum Gasteiger partial charge on any atom is 0.277 e. The molecule has 0 saturated carbocycles. The van der Waals surface area contributed by atoms with E-state index in [-0.39, 0.29) is 17.7 Å². The topological polar surface area (TPSA) is 82.2 Å². The molecule has 1 atom stereocenters. The molecule has 3 aliphatic rings. The lowest BCUT2D eigenvalue weighted by Gasteiger charge is -2.33. The van der Waals surface area contributed by atoms with Crippen molar-refractivity contribution < 1.29 is 19.1 Å². The number of rotatable bonds is 6. The molecule has 0 spiro atoms. The molecule has 4 rings (SSSR count). The Kier molecular flexibility index (Phi) is 6.91. The van der Waals surface area contributed by atoms with Crippen molar-refractivity contribution >= 4 is 29.0 Å². The predicted molar refractivity (Wildman–Crippen MR) is 122 cm³/mol. The van der Waals surface area contributed by atoms with Gasteiger partial charge in [0.15, 0.2) is 0 Å². The highest BCUT2D eigenvalue weighted by atomic mass is 16.5. The number of ether oxygens (including phenoxy) is 1. The van der Waals surface area contributed by atoms with Gasteiger partial charge in [-0.15, -0.1) is 0 Å². The maximum atomic E-state index is 13.5. The van der Waals surface area contributed by atoms with E-state index in [1.807, 2.05) is 12.1 Å². The molecule has 1 N–H and O–H groups in total. The zero-order chi connectivity index (χ0) is 22.7. The SMILES string of the molecule is CC(=O)Nc1ccc(C2=C(N3CCCC(C)C3)C(=O)N(CCN3CCOCC3)C2=O)cc1. The van der Waals surface area contributed by atoms with E-state index in [4.69, 9.17) is 4.74 Å². The Balaban J connectivity index is 1.61. The van der Waals surface area contributed by atoms with E-state index < -0.39 is 0 Å². The first kappa shape index (κ1) is 22.5. The number of carbonyl (C=O) groups is 3. The van der Waals surface area contributed by atoms with Crippen LogP contribution in [0.1, 0.15) is 32.3 Å². The van der Waals surface area contributed by atoms with Crippen molar-refractivity contribution in [1.82, 2.24) is 14.7 Å². The van der Waals surface area contributed by atoms with Crippen molar-refractivity contribution in [1.29, 1.82) is 0 Å². The zero-order valence-electron chi connectivity index (χ0n) is 18.9. The number of nitrogens with zero attached hydrogens (tertiary/aromatic N) is 3. The van der Waals surface area contributed by atoms with Crippen LogP contribution < -0.4 is 5.32 Å². The Hall–Kier alpha value is -2.71. The van der Waals surface area contributed by atoms with Gasteiger partial charge in [0.2, 0.25) is 5.91 Å². The first-order valence-electron chi connectivity index (χ1n) is 11.5. The summed E-state index contributed by atoms with van der Waals surface area (Å²) < 4.78 is 5.40. The summed E-state index contributed by atoms with van der Waals surface area (Å²) in [5, 5.41) is 2.74. The van der Waals surface area contributed by atoms with E-state index in [2.05, 4.69) is 22.0 Å². The molecule has 0 aromatic heterocycles. The Bertz CT molecular complexity index is 905. The van der Waals surface area contributed by atoms with Crippen LogP contribution in [0.3, 0.4) is 0 Å². The van der Waals surface area contributed by atoms with Gasteiger partial charge in [-0.25, -0.2) is 0 Å². The Labute approximate surface area is 189 Å². The van der Waals surface area contributed by atoms with Crippen LogP contribution in [-0.2, 0) is 19.1 Å². The fraction of sp³-hybridized carbons (Fsp3) is 0.542. The summed E-state index contributed by atoms with van der Waals surface area (Å²) in [5.41, 5.74) is 2.37. The van der Waals surface area contributed by atoms with E-state index >= 15 is 0 Å². The van der Waals surface area contributed by atoms with Gasteiger partial charge < -0.3 is 15.0 Å². The number of likely N-dealkylation sites (tertiary alicyclic amines) is 1. The van der Waals surface area contributed by atoms with Gasteiger partial charge in [0.1, 0.15) is 5.70 Å². The van der Waals surface area contributed by atoms with Crippen LogP contribution >= 0.6 is 0 Å². The zero-order valence-corrected chi connectivity index (χ0v) is 18.9. The van der Waals surface area contributed by atoms with E-state index in [1.54, 1.807) is 12.1 Å². The number of carbonyl (C=O) groups excluding carboxylic acids is 3. The van der Waals surface area contributed by atoms with Crippen LogP contribution in [-0.4, -0.2) is 84.9 Å². The first-order valence-corrected chi connectivity index (χ1v) is 11.5. The van der Waals surface area contributed by atoms with Crippen molar-refractivity contribution in [2.24, 2.45) is 5.92 Å². The Morgan fingerprint density at radius 2 is 1.78 bits per heavy atom. The third-order valence-electron chi connectivity index (χ3n) is 6.35. The molecule has 0 radical (unpaired) electrons. The van der Waals surface area contributed by atoms with Gasteiger partial charge in [-0.3, -0.25) is 24.2 Å². The van der Waals surface area contributed by atoms with Gasteiger partial charge in [0.05, 0.1) is 18.8 Å². The highest BCUT2D eigenvalue weighted by molar-refractivity contribution is 6.35. The van der Waals surface area contributed by atoms with Crippen molar-refractivity contribution in [3.05, 3.63) is 35.5 Å². The van der Waals surface area contributed by atoms with Gasteiger partial charge in [0, 0.05) is 51.9 Å². The van der Waals surface area contributed by atoms with Gasteiger partial charge >= 0.3 is 0 Å². The monoisotopic (exact) mass is 440 g/mol. The average molecular weight is 441 g/mol. The first-order chi connectivity index (χ1) is 15.4. The molecule has 3 heterocycles. The average Bonchev–Trinajstić information content (AvgIpc) is 3.03. The van der Waals surface area contributed by atoms with Crippen LogP contribution in [0.2, 0.25) is 0 Å². The molecule has 8 nitrogen and oxygen atoms in total. The molecule has 0 bridgehead atoms. The van der Waals surface area contributed by atoms with Crippen molar-refractivity contribution in [3.8, 4) is 0 Å². The second-order valence-corrected chi connectivity index (χ2v) is 8.89. The molecular weight excluding hydrogens is 408 g/mol. The van der Waals surface area contributed by atoms with E-state index in [0.29, 0.717) is 54.7 Å². The Morgan fingerprint density at radius 3 is 2.44 bits per heavy atom. The molecule has 32 heavy (non-hydrogen) atoms. The number of hydrogen-bond acceptors (Lipinski definition) is 6. The van der Waals surface area contributed by atoms with Crippen LogP contribution in [0.25, 0.3) is 5.57 Å². The summed E-state index contributed by atoms with van der Waals surface area (Å²) in [6, 6.07) is 7.16. The molecular formula is C24H32N4O4. The molecule has 3 amide bonds. The minimum atomic E-state index is -0.233. The van der Waals surface area contributed by atoms with Crippen LogP contribution in [0, 0.1) is 5.92 Å². The van der Waals surface area contributed by atoms with E-state index in [1.165, 1.54) is 11.8 Å². The maximum absolute atomic E-state index is 13.5. The number of amides is 3. The molecule has 2 saturated heterocycles. The molecule has 1 aromatic carbocycles. The smallest absolute Gasteiger partial charge is 0.277 e. The third-order valence-corrected chi connectivity index (χ3v) is 6.35. The van der Waals surface area contributed by atoms with Crippen LogP contribution in [0.4, 0.5) is 5.69 Å². The fourth-order valence-electron chi connectivity index (χ4n) is 4.70. The van der Waals surface area contributed by atoms with Gasteiger partial charge in [-0.2, -0.15) is 0 Å². The summed E-state index contributed by atoms with van der Waals surface area (Å²) in [5.74, 6) is -0.103. The van der Waals surface area contributed by atoms with E-state index in [0.717, 1.165) is 39.0 Å². The summed E-state index contributed by atoms with van der Waals surface area (Å²) in [6.07, 6.45) is 2.14. The molecule has 8 heteroatoms. The molecule has 0 aliphatic carbocycles. The minimum absolute atomic E-state index is 0.152. The molecule has 1 unspecified atom stereocenters. The summed E-state index contributed by atoms with van der Waals surface area (Å²) in [7, 11) is 0. The van der Waals surface area contributed by atoms with Crippen LogP contribution in [0.15, 0.2) is 30.0 Å². The van der Waals surface area contributed by atoms with Crippen molar-refractivity contribution in [3.63, 3.8) is 0 Å². The number of morpholine rings is 1. The number of anilines is 1. The van der Waals surface area contributed by atoms with Gasteiger partial charge in [0.25, 0.3) is 11.8 Å². The van der Waals surface area contributed by atoms with Crippen LogP contribution in [0.5, 0.6) is 0 Å². The predicted octanol–water partition coefficient (Wildman–Crippen LogP) is 1.79. The lowest BCUT2D eigenvalue weighted by atomic mass is 9.97. The van der Waals surface area contributed by atoms with E-state index in [9.17, 15) is 14.4 Å². The number of benzene rings is 1. The largest absolute Gasteiger partial charge is 0.379 e. The second kappa shape index (κ2) is 9.83. The number of hydrogen-bond donors (Lipinski definition) is 1. The third kappa shape index (κ3) is 4.86. The lowest BCUT2D eigenvalue weighted by Crippen LogP contribution is -2.44. The Morgan fingerprint density at radius 1 is 1.06 bits per heavy atom. The van der Waals surface area contributed by atoms with Crippen molar-refractivity contribution in [2.75, 3.05) is 57.8 Å². The highest BCUT2D eigenvalue weighted by Gasteiger charge is 2.42. The highest BCUT2D eigenvalue weighted by Crippen LogP contribution is 2.34. The number of imide groups is 1. The van der Waals surface area contributed by atoms with Crippen molar-refractivity contribution in [2.45, 2.75) is 26.7 Å². The number of piperidine rings is 1.